The van der Waals surface area contributed by atoms with Crippen LogP contribution in [0.15, 0.2) is 60.7 Å². The fraction of sp³-hybridized carbons (Fsp3) is 0.458. The number of carbonyl (C=O) groups excluding carboxylic acids is 2. The molecule has 2 aliphatic rings. The van der Waals surface area contributed by atoms with E-state index in [9.17, 15) is 35.9 Å². The Morgan fingerprint density at radius 1 is 0.550 bits per heavy atom. The average molecular weight is 837 g/mol. The van der Waals surface area contributed by atoms with Gasteiger partial charge < -0.3 is 21.3 Å². The van der Waals surface area contributed by atoms with E-state index >= 15 is 0 Å². The van der Waals surface area contributed by atoms with Crippen molar-refractivity contribution >= 4 is 34.6 Å². The second-order valence-corrected chi connectivity index (χ2v) is 18.7. The van der Waals surface area contributed by atoms with Gasteiger partial charge in [0, 0.05) is 35.6 Å². The van der Waals surface area contributed by atoms with Gasteiger partial charge in [-0.15, -0.1) is 0 Å². The predicted octanol–water partition coefficient (Wildman–Crippen LogP) is 13.6. The van der Waals surface area contributed by atoms with Gasteiger partial charge in [-0.25, -0.2) is 0 Å². The highest BCUT2D eigenvalue weighted by atomic mass is 19.4. The van der Waals surface area contributed by atoms with Crippen molar-refractivity contribution in [3.05, 3.63) is 116 Å². The molecule has 6 rings (SSSR count). The van der Waals surface area contributed by atoms with E-state index in [1.54, 1.807) is 0 Å². The molecule has 0 aromatic heterocycles. The lowest BCUT2D eigenvalue weighted by Crippen LogP contribution is -2.21. The lowest BCUT2D eigenvalue weighted by atomic mass is 9.91. The Morgan fingerprint density at radius 3 is 1.15 bits per heavy atom. The zero-order chi connectivity index (χ0) is 44.5. The third-order valence-corrected chi connectivity index (χ3v) is 11.0. The van der Waals surface area contributed by atoms with Crippen LogP contribution in [0.25, 0.3) is 0 Å². The van der Waals surface area contributed by atoms with E-state index in [4.69, 9.17) is 0 Å². The predicted molar refractivity (Wildman–Crippen MR) is 229 cm³/mol. The van der Waals surface area contributed by atoms with E-state index in [2.05, 4.69) is 33.4 Å². The molecular formula is C48H58F6N4O2. The minimum Gasteiger partial charge on any atom is -0.378 e. The molecule has 0 saturated heterocycles. The topological polar surface area (TPSA) is 82.3 Å². The molecule has 0 bridgehead atoms. The smallest absolute Gasteiger partial charge is 0.378 e. The zero-order valence-corrected chi connectivity index (χ0v) is 36.3. The van der Waals surface area contributed by atoms with Gasteiger partial charge in [-0.3, -0.25) is 9.59 Å². The molecule has 4 N–H and O–H groups in total. The Bertz CT molecular complexity index is 2040. The number of nitrogens with one attached hydrogen (secondary N) is 4. The fourth-order valence-corrected chi connectivity index (χ4v) is 8.21. The number of anilines is 4. The van der Waals surface area contributed by atoms with E-state index in [-0.39, 0.29) is 34.7 Å². The van der Waals surface area contributed by atoms with Crippen LogP contribution in [0.5, 0.6) is 0 Å². The quantitative estimate of drug-likeness (QED) is 0.133. The summed E-state index contributed by atoms with van der Waals surface area (Å²) in [5.41, 5.74) is 10.5. The molecule has 0 radical (unpaired) electrons. The van der Waals surface area contributed by atoms with Crippen molar-refractivity contribution in [2.45, 2.75) is 132 Å². The van der Waals surface area contributed by atoms with Gasteiger partial charge in [0.05, 0.1) is 23.2 Å². The Balaban J connectivity index is 0.000000228. The number of halogens is 6. The van der Waals surface area contributed by atoms with Gasteiger partial charge in [0.25, 0.3) is 0 Å². The molecule has 2 amide bonds. The van der Waals surface area contributed by atoms with Crippen LogP contribution < -0.4 is 21.3 Å². The molecule has 0 heterocycles. The van der Waals surface area contributed by atoms with Gasteiger partial charge in [-0.05, 0) is 157 Å². The molecule has 12 heteroatoms. The van der Waals surface area contributed by atoms with Crippen molar-refractivity contribution in [3.8, 4) is 0 Å². The molecular weight excluding hydrogens is 779 g/mol. The van der Waals surface area contributed by atoms with E-state index < -0.39 is 23.5 Å². The van der Waals surface area contributed by atoms with Crippen molar-refractivity contribution in [1.29, 1.82) is 0 Å². The SMILES string of the molecule is Cc1cc2c(c(C)c1NC(=O)CC(C)(C)C)CCC2Nc1ccc(C(F)(F)F)cc1.Cc1cc2c(c(C)c1NC(=O)CC(C)(C)C)CCC2Nc1ccc(C(F)(F)F)cc1. The second kappa shape index (κ2) is 17.5. The highest BCUT2D eigenvalue weighted by molar-refractivity contribution is 5.94. The van der Waals surface area contributed by atoms with Crippen molar-refractivity contribution < 1.29 is 35.9 Å². The summed E-state index contributed by atoms with van der Waals surface area (Å²) in [5, 5.41) is 12.9. The Labute approximate surface area is 350 Å². The lowest BCUT2D eigenvalue weighted by Gasteiger charge is -2.21. The highest BCUT2D eigenvalue weighted by Gasteiger charge is 2.33. The lowest BCUT2D eigenvalue weighted by molar-refractivity contribution is -0.138. The van der Waals surface area contributed by atoms with Crippen molar-refractivity contribution in [3.63, 3.8) is 0 Å². The van der Waals surface area contributed by atoms with Crippen molar-refractivity contribution in [1.82, 2.24) is 0 Å². The van der Waals surface area contributed by atoms with E-state index in [1.165, 1.54) is 35.4 Å². The van der Waals surface area contributed by atoms with Gasteiger partial charge in [-0.1, -0.05) is 53.7 Å². The number of aryl methyl sites for hydroxylation is 2. The molecule has 2 atom stereocenters. The summed E-state index contributed by atoms with van der Waals surface area (Å²) in [6.07, 6.45) is -4.33. The number of benzene rings is 4. The molecule has 0 saturated carbocycles. The molecule has 324 valence electrons. The number of alkyl halides is 6. The molecule has 60 heavy (non-hydrogen) atoms. The maximum Gasteiger partial charge on any atom is 0.416 e. The monoisotopic (exact) mass is 836 g/mol. The molecule has 2 aliphatic carbocycles. The van der Waals surface area contributed by atoms with Crippen LogP contribution in [0.4, 0.5) is 49.1 Å². The first-order valence-corrected chi connectivity index (χ1v) is 20.4. The van der Waals surface area contributed by atoms with Crippen LogP contribution in [-0.4, -0.2) is 11.8 Å². The number of hydrogen-bond acceptors (Lipinski definition) is 4. The summed E-state index contributed by atoms with van der Waals surface area (Å²) in [5.74, 6) is 0.0113. The number of rotatable bonds is 8. The standard InChI is InChI=1S/2C24H29F3N2O/c2*1-14-12-19-18(15(2)22(14)29-21(30)13-23(3,4)5)10-11-20(19)28-17-8-6-16(7-9-17)24(25,26)27/h2*6-9,12,20,28H,10-11,13H2,1-5H3,(H,29,30). The van der Waals surface area contributed by atoms with Crippen molar-refractivity contribution in [2.24, 2.45) is 10.8 Å². The van der Waals surface area contributed by atoms with Crippen LogP contribution in [-0.2, 0) is 34.8 Å². The average Bonchev–Trinajstić information content (AvgIpc) is 3.70. The summed E-state index contributed by atoms with van der Waals surface area (Å²) in [7, 11) is 0. The zero-order valence-electron chi connectivity index (χ0n) is 36.3. The first kappa shape index (κ1) is 46.1. The normalized spacial score (nSPS) is 16.3. The third-order valence-electron chi connectivity index (χ3n) is 11.0. The van der Waals surface area contributed by atoms with Crippen molar-refractivity contribution in [2.75, 3.05) is 21.3 Å². The Kier molecular flexibility index (Phi) is 13.5. The first-order valence-electron chi connectivity index (χ1n) is 20.4. The number of hydrogen-bond donors (Lipinski definition) is 4. The minimum atomic E-state index is -4.33. The fourth-order valence-electron chi connectivity index (χ4n) is 8.21. The van der Waals surface area contributed by atoms with Crippen LogP contribution in [0.3, 0.4) is 0 Å². The van der Waals surface area contributed by atoms with Gasteiger partial charge in [-0.2, -0.15) is 26.3 Å². The Morgan fingerprint density at radius 2 is 0.867 bits per heavy atom. The maximum atomic E-state index is 12.8. The molecule has 0 aliphatic heterocycles. The van der Waals surface area contributed by atoms with E-state index in [0.29, 0.717) is 24.2 Å². The molecule has 4 aromatic rings. The first-order chi connectivity index (χ1) is 27.7. The summed E-state index contributed by atoms with van der Waals surface area (Å²) < 4.78 is 76.7. The summed E-state index contributed by atoms with van der Waals surface area (Å²) in [6, 6.07) is 14.5. The third kappa shape index (κ3) is 11.6. The molecule has 2 unspecified atom stereocenters. The summed E-state index contributed by atoms with van der Waals surface area (Å²) in [4.78, 5) is 24.9. The van der Waals surface area contributed by atoms with E-state index in [1.807, 2.05) is 69.2 Å². The van der Waals surface area contributed by atoms with Crippen LogP contribution in [0, 0.1) is 38.5 Å². The second-order valence-electron chi connectivity index (χ2n) is 18.7. The highest BCUT2D eigenvalue weighted by Crippen LogP contribution is 2.42. The summed E-state index contributed by atoms with van der Waals surface area (Å²) in [6.45, 7) is 20.2. The molecule has 4 aromatic carbocycles. The van der Waals surface area contributed by atoms with E-state index in [0.717, 1.165) is 94.7 Å². The largest absolute Gasteiger partial charge is 0.416 e. The van der Waals surface area contributed by atoms with Crippen LogP contribution in [0.2, 0.25) is 0 Å². The number of carbonyl (C=O) groups is 2. The van der Waals surface area contributed by atoms with Gasteiger partial charge in [0.1, 0.15) is 0 Å². The summed E-state index contributed by atoms with van der Waals surface area (Å²) >= 11 is 0. The Hall–Kier alpha value is -5.00. The maximum absolute atomic E-state index is 12.8. The molecule has 0 fully saturated rings. The van der Waals surface area contributed by atoms with Crippen LogP contribution >= 0.6 is 0 Å². The van der Waals surface area contributed by atoms with Gasteiger partial charge in [0.2, 0.25) is 11.8 Å². The molecule has 0 spiro atoms. The number of fused-ring (bicyclic) bond motifs is 2. The van der Waals surface area contributed by atoms with Crippen LogP contribution in [0.1, 0.15) is 135 Å². The van der Waals surface area contributed by atoms with Gasteiger partial charge >= 0.3 is 12.4 Å². The van der Waals surface area contributed by atoms with Gasteiger partial charge in [0.15, 0.2) is 0 Å². The minimum absolute atomic E-state index is 0.00563. The number of amides is 2. The molecule has 6 nitrogen and oxygen atoms in total.